The van der Waals surface area contributed by atoms with Crippen molar-refractivity contribution in [3.8, 4) is 0 Å². The standard InChI is InChI=1S/C24H32N4O/c1-19(7-14-28-12-4-11-25-28)26-15-9-24(10-16-26)17-22(24)23(29)27-13-8-20-5-2-3-6-21(20)18-27/h2-6,11-12,19,22H,7-10,13-18H2,1H3. The number of aryl methyl sites for hydroxylation is 1. The maximum atomic E-state index is 13.2. The highest BCUT2D eigenvalue weighted by Gasteiger charge is 2.59. The lowest BCUT2D eigenvalue weighted by molar-refractivity contribution is -0.134. The Bertz CT molecular complexity index is 854. The number of carbonyl (C=O) groups excluding carboxylic acids is 1. The van der Waals surface area contributed by atoms with Crippen LogP contribution in [0.1, 0.15) is 43.7 Å². The van der Waals surface area contributed by atoms with Crippen LogP contribution in [0.4, 0.5) is 0 Å². The average molecular weight is 393 g/mol. The number of carbonyl (C=O) groups is 1. The van der Waals surface area contributed by atoms with Gasteiger partial charge in [0.1, 0.15) is 0 Å². The molecule has 0 radical (unpaired) electrons. The van der Waals surface area contributed by atoms with Crippen molar-refractivity contribution >= 4 is 5.91 Å². The van der Waals surface area contributed by atoms with Crippen LogP contribution in [-0.2, 0) is 24.3 Å². The van der Waals surface area contributed by atoms with E-state index >= 15 is 0 Å². The van der Waals surface area contributed by atoms with Crippen LogP contribution in [0.15, 0.2) is 42.7 Å². The molecule has 2 atom stereocenters. The molecule has 2 fully saturated rings. The summed E-state index contributed by atoms with van der Waals surface area (Å²) in [5.74, 6) is 0.689. The van der Waals surface area contributed by atoms with Crippen LogP contribution in [0.2, 0.25) is 0 Å². The molecule has 1 amide bonds. The lowest BCUT2D eigenvalue weighted by Gasteiger charge is -2.37. The maximum absolute atomic E-state index is 13.2. The molecule has 5 rings (SSSR count). The normalized spacial score (nSPS) is 24.3. The molecule has 1 aromatic carbocycles. The second-order valence-electron chi connectivity index (χ2n) is 9.34. The molecule has 1 aliphatic carbocycles. The van der Waals surface area contributed by atoms with Gasteiger partial charge in [0.2, 0.25) is 5.91 Å². The van der Waals surface area contributed by atoms with Gasteiger partial charge in [-0.15, -0.1) is 0 Å². The number of rotatable bonds is 5. The van der Waals surface area contributed by atoms with E-state index in [2.05, 4.69) is 46.1 Å². The van der Waals surface area contributed by atoms with E-state index in [9.17, 15) is 4.79 Å². The first-order valence-corrected chi connectivity index (χ1v) is 11.2. The largest absolute Gasteiger partial charge is 0.338 e. The van der Waals surface area contributed by atoms with Gasteiger partial charge in [0.15, 0.2) is 0 Å². The fourth-order valence-corrected chi connectivity index (χ4v) is 5.50. The van der Waals surface area contributed by atoms with Gasteiger partial charge >= 0.3 is 0 Å². The Kier molecular flexibility index (Phi) is 4.94. The fraction of sp³-hybridized carbons (Fsp3) is 0.583. The molecular weight excluding hydrogens is 360 g/mol. The van der Waals surface area contributed by atoms with Crippen LogP contribution in [0.3, 0.4) is 0 Å². The summed E-state index contributed by atoms with van der Waals surface area (Å²) in [5.41, 5.74) is 3.05. The topological polar surface area (TPSA) is 41.4 Å². The molecule has 0 N–H and O–H groups in total. The molecule has 29 heavy (non-hydrogen) atoms. The minimum Gasteiger partial charge on any atom is -0.338 e. The summed E-state index contributed by atoms with van der Waals surface area (Å²) in [6, 6.07) is 11.1. The molecule has 2 aromatic rings. The molecule has 2 aliphatic heterocycles. The molecular formula is C24H32N4O. The Hall–Kier alpha value is -2.14. The molecule has 1 saturated carbocycles. The van der Waals surface area contributed by atoms with Crippen molar-refractivity contribution < 1.29 is 4.79 Å². The van der Waals surface area contributed by atoms with Gasteiger partial charge in [0, 0.05) is 44.0 Å². The lowest BCUT2D eigenvalue weighted by Crippen LogP contribution is -2.43. The van der Waals surface area contributed by atoms with Crippen molar-refractivity contribution in [3.05, 3.63) is 53.9 Å². The van der Waals surface area contributed by atoms with Crippen molar-refractivity contribution in [1.29, 1.82) is 0 Å². The van der Waals surface area contributed by atoms with Crippen LogP contribution in [-0.4, -0.2) is 51.2 Å². The first-order chi connectivity index (χ1) is 14.1. The zero-order chi connectivity index (χ0) is 19.8. The van der Waals surface area contributed by atoms with Gasteiger partial charge in [-0.2, -0.15) is 5.10 Å². The quantitative estimate of drug-likeness (QED) is 0.784. The smallest absolute Gasteiger partial charge is 0.226 e. The van der Waals surface area contributed by atoms with Crippen molar-refractivity contribution in [3.63, 3.8) is 0 Å². The van der Waals surface area contributed by atoms with E-state index in [4.69, 9.17) is 0 Å². The Morgan fingerprint density at radius 2 is 1.97 bits per heavy atom. The summed E-state index contributed by atoms with van der Waals surface area (Å²) in [7, 11) is 0. The van der Waals surface area contributed by atoms with Gasteiger partial charge in [-0.05, 0) is 74.7 Å². The molecule has 0 bridgehead atoms. The van der Waals surface area contributed by atoms with Crippen LogP contribution in [0, 0.1) is 11.3 Å². The number of nitrogens with zero attached hydrogens (tertiary/aromatic N) is 4. The summed E-state index contributed by atoms with van der Waals surface area (Å²) in [4.78, 5) is 17.9. The zero-order valence-electron chi connectivity index (χ0n) is 17.5. The predicted molar refractivity (Wildman–Crippen MR) is 113 cm³/mol. The van der Waals surface area contributed by atoms with E-state index in [-0.39, 0.29) is 5.92 Å². The third kappa shape index (κ3) is 3.73. The van der Waals surface area contributed by atoms with E-state index in [1.807, 2.05) is 23.1 Å². The van der Waals surface area contributed by atoms with Gasteiger partial charge in [-0.25, -0.2) is 0 Å². The second kappa shape index (κ2) is 7.60. The van der Waals surface area contributed by atoms with Gasteiger partial charge in [0.05, 0.1) is 0 Å². The van der Waals surface area contributed by atoms with E-state index in [0.717, 1.165) is 52.0 Å². The molecule has 154 valence electrons. The number of aromatic nitrogens is 2. The summed E-state index contributed by atoms with van der Waals surface area (Å²) < 4.78 is 2.02. The molecule has 1 aromatic heterocycles. The van der Waals surface area contributed by atoms with E-state index in [1.54, 1.807) is 0 Å². The Labute approximate surface area is 173 Å². The Morgan fingerprint density at radius 1 is 1.17 bits per heavy atom. The summed E-state index contributed by atoms with van der Waals surface area (Å²) in [6.07, 6.45) is 9.49. The van der Waals surface area contributed by atoms with E-state index in [0.29, 0.717) is 17.4 Å². The minimum absolute atomic E-state index is 0.272. The third-order valence-electron chi connectivity index (χ3n) is 7.68. The summed E-state index contributed by atoms with van der Waals surface area (Å²) >= 11 is 0. The SMILES string of the molecule is CC(CCn1cccn1)N1CCC2(CC1)CC2C(=O)N1CCc2ccccc2C1. The van der Waals surface area contributed by atoms with Crippen LogP contribution in [0.5, 0.6) is 0 Å². The van der Waals surface area contributed by atoms with E-state index in [1.165, 1.54) is 24.0 Å². The van der Waals surface area contributed by atoms with Gasteiger partial charge in [-0.3, -0.25) is 9.48 Å². The van der Waals surface area contributed by atoms with Gasteiger partial charge in [-0.1, -0.05) is 24.3 Å². The van der Waals surface area contributed by atoms with Crippen molar-refractivity contribution in [2.45, 2.75) is 58.2 Å². The molecule has 2 unspecified atom stereocenters. The monoisotopic (exact) mass is 392 g/mol. The summed E-state index contributed by atoms with van der Waals surface area (Å²) in [6.45, 7) is 7.27. The van der Waals surface area contributed by atoms with Crippen LogP contribution >= 0.6 is 0 Å². The van der Waals surface area contributed by atoms with Crippen molar-refractivity contribution in [1.82, 2.24) is 19.6 Å². The highest BCUT2D eigenvalue weighted by atomic mass is 16.2. The Balaban J connectivity index is 1.12. The minimum atomic E-state index is 0.272. The zero-order valence-corrected chi connectivity index (χ0v) is 17.5. The Morgan fingerprint density at radius 3 is 2.72 bits per heavy atom. The van der Waals surface area contributed by atoms with Crippen LogP contribution < -0.4 is 0 Å². The first-order valence-electron chi connectivity index (χ1n) is 11.2. The van der Waals surface area contributed by atoms with Crippen LogP contribution in [0.25, 0.3) is 0 Å². The lowest BCUT2D eigenvalue weighted by atomic mass is 9.89. The highest BCUT2D eigenvalue weighted by Crippen LogP contribution is 2.60. The number of fused-ring (bicyclic) bond motifs is 1. The molecule has 1 spiro atoms. The van der Waals surface area contributed by atoms with Crippen molar-refractivity contribution in [2.75, 3.05) is 19.6 Å². The average Bonchev–Trinajstić information content (AvgIpc) is 3.20. The molecule has 5 heteroatoms. The number of benzene rings is 1. The molecule has 5 nitrogen and oxygen atoms in total. The molecule has 3 heterocycles. The van der Waals surface area contributed by atoms with E-state index < -0.39 is 0 Å². The fourth-order valence-electron chi connectivity index (χ4n) is 5.50. The second-order valence-corrected chi connectivity index (χ2v) is 9.34. The number of likely N-dealkylation sites (tertiary alicyclic amines) is 1. The molecule has 3 aliphatic rings. The highest BCUT2D eigenvalue weighted by molar-refractivity contribution is 5.83. The van der Waals surface area contributed by atoms with Crippen molar-refractivity contribution in [2.24, 2.45) is 11.3 Å². The first kappa shape index (κ1) is 18.9. The number of amides is 1. The van der Waals surface area contributed by atoms with Gasteiger partial charge in [0.25, 0.3) is 0 Å². The number of piperidine rings is 1. The maximum Gasteiger partial charge on any atom is 0.226 e. The third-order valence-corrected chi connectivity index (χ3v) is 7.68. The summed E-state index contributed by atoms with van der Waals surface area (Å²) in [5, 5.41) is 4.31. The predicted octanol–water partition coefficient (Wildman–Crippen LogP) is 3.35. The van der Waals surface area contributed by atoms with Gasteiger partial charge < -0.3 is 9.80 Å². The number of hydrogen-bond acceptors (Lipinski definition) is 3. The molecule has 1 saturated heterocycles. The number of hydrogen-bond donors (Lipinski definition) is 0.